The van der Waals surface area contributed by atoms with Gasteiger partial charge in [-0.2, -0.15) is 0 Å². The van der Waals surface area contributed by atoms with Gasteiger partial charge < -0.3 is 0 Å². The third kappa shape index (κ3) is 10.4. The van der Waals surface area contributed by atoms with Gasteiger partial charge in [0.05, 0.1) is 0 Å². The van der Waals surface area contributed by atoms with Gasteiger partial charge in [0.1, 0.15) is 0 Å². The van der Waals surface area contributed by atoms with Gasteiger partial charge >= 0.3 is 205 Å². The van der Waals surface area contributed by atoms with Gasteiger partial charge in [-0.3, -0.25) is 0 Å². The van der Waals surface area contributed by atoms with Crippen molar-refractivity contribution in [2.45, 2.75) is 92.4 Å². The molecule has 0 N–H and O–H groups in total. The van der Waals surface area contributed by atoms with Crippen LogP contribution in [-0.2, 0) is 4.74 Å². The van der Waals surface area contributed by atoms with Crippen LogP contribution in [-0.4, -0.2) is 29.6 Å². The second-order valence-corrected chi connectivity index (χ2v) is 23.5. The molecule has 1 aromatic rings. The van der Waals surface area contributed by atoms with E-state index in [1.807, 2.05) is 0 Å². The van der Waals surface area contributed by atoms with Crippen LogP contribution in [0, 0.1) is 5.41 Å². The van der Waals surface area contributed by atoms with Crippen LogP contribution in [0.5, 0.6) is 0 Å². The minimum atomic E-state index is -2.29. The Morgan fingerprint density at radius 2 is 1.38 bits per heavy atom. The van der Waals surface area contributed by atoms with Crippen molar-refractivity contribution >= 4 is 24.0 Å². The summed E-state index contributed by atoms with van der Waals surface area (Å²) in [4.78, 5) is 0. The Morgan fingerprint density at radius 1 is 0.875 bits per heavy atom. The van der Waals surface area contributed by atoms with Crippen LogP contribution in [0.4, 0.5) is 0 Å². The maximum atomic E-state index is 6.75. The summed E-state index contributed by atoms with van der Waals surface area (Å²) in [6, 6.07) is 10.7. The van der Waals surface area contributed by atoms with E-state index in [0.29, 0.717) is 0 Å². The SMILES string of the molecule is C=CCC(/C=C(/C)c1ccccc1)(CC=C)CO[CH2][Sn]([CH2]CCC)([CH2]CCC)[CH2]CCC. The zero-order chi connectivity index (χ0) is 23.7. The molecule has 0 aliphatic carbocycles. The summed E-state index contributed by atoms with van der Waals surface area (Å²) in [5, 5.41) is 0. The Labute approximate surface area is 204 Å². The van der Waals surface area contributed by atoms with E-state index in [-0.39, 0.29) is 5.41 Å². The summed E-state index contributed by atoms with van der Waals surface area (Å²) in [7, 11) is 0. The second-order valence-electron chi connectivity index (χ2n) is 9.84. The first kappa shape index (κ1) is 29.2. The predicted octanol–water partition coefficient (Wildman–Crippen LogP) is 9.63. The van der Waals surface area contributed by atoms with Crippen LogP contribution >= 0.6 is 0 Å². The average Bonchev–Trinajstić information content (AvgIpc) is 2.80. The van der Waals surface area contributed by atoms with Crippen molar-refractivity contribution in [3.63, 3.8) is 0 Å². The molecule has 1 nitrogen and oxygen atoms in total. The van der Waals surface area contributed by atoms with Crippen molar-refractivity contribution in [2.24, 2.45) is 5.41 Å². The molecule has 0 saturated carbocycles. The topological polar surface area (TPSA) is 9.23 Å². The fourth-order valence-corrected chi connectivity index (χ4v) is 19.2. The quantitative estimate of drug-likeness (QED) is 0.124. The van der Waals surface area contributed by atoms with Gasteiger partial charge in [-0.25, -0.2) is 0 Å². The van der Waals surface area contributed by atoms with Gasteiger partial charge in [0.2, 0.25) is 0 Å². The first-order chi connectivity index (χ1) is 15.5. The molecule has 180 valence electrons. The molecular weight excluding hydrogens is 495 g/mol. The molecule has 0 aliphatic heterocycles. The fourth-order valence-electron chi connectivity index (χ4n) is 4.90. The van der Waals surface area contributed by atoms with Crippen LogP contribution in [0.15, 0.2) is 61.7 Å². The monoisotopic (exact) mass is 546 g/mol. The van der Waals surface area contributed by atoms with Crippen LogP contribution in [0.1, 0.15) is 84.6 Å². The maximum absolute atomic E-state index is 6.75. The van der Waals surface area contributed by atoms with Gasteiger partial charge in [-0.05, 0) is 0 Å². The molecule has 0 saturated heterocycles. The Morgan fingerprint density at radius 3 is 1.81 bits per heavy atom. The summed E-state index contributed by atoms with van der Waals surface area (Å²) in [5.74, 6) is 0. The normalized spacial score (nSPS) is 12.7. The third-order valence-corrected chi connectivity index (χ3v) is 21.3. The molecular formula is C30H50OSn. The molecule has 0 radical (unpaired) electrons. The number of benzene rings is 1. The van der Waals surface area contributed by atoms with E-state index in [2.05, 4.69) is 89.4 Å². The van der Waals surface area contributed by atoms with Crippen molar-refractivity contribution in [2.75, 3.05) is 11.2 Å². The van der Waals surface area contributed by atoms with Crippen molar-refractivity contribution in [3.05, 3.63) is 67.3 Å². The predicted molar refractivity (Wildman–Crippen MR) is 148 cm³/mol. The number of allylic oxidation sites excluding steroid dienone is 3. The summed E-state index contributed by atoms with van der Waals surface area (Å²) < 4.78 is 12.3. The number of ether oxygens (including phenoxy) is 1. The molecule has 0 unspecified atom stereocenters. The molecule has 0 aliphatic rings. The van der Waals surface area contributed by atoms with Gasteiger partial charge in [0.15, 0.2) is 0 Å². The molecule has 0 spiro atoms. The summed E-state index contributed by atoms with van der Waals surface area (Å²) >= 11 is -2.29. The summed E-state index contributed by atoms with van der Waals surface area (Å²) in [5.41, 5.74) is 2.55. The van der Waals surface area contributed by atoms with E-state index in [4.69, 9.17) is 4.74 Å². The Balaban J connectivity index is 3.08. The number of rotatable bonds is 19. The van der Waals surface area contributed by atoms with Crippen LogP contribution < -0.4 is 0 Å². The third-order valence-electron chi connectivity index (χ3n) is 6.83. The molecule has 0 aromatic heterocycles. The number of unbranched alkanes of at least 4 members (excludes halogenated alkanes) is 3. The van der Waals surface area contributed by atoms with Crippen LogP contribution in [0.25, 0.3) is 5.57 Å². The van der Waals surface area contributed by atoms with E-state index >= 15 is 0 Å². The zero-order valence-corrected chi connectivity index (χ0v) is 24.5. The van der Waals surface area contributed by atoms with E-state index in [9.17, 15) is 0 Å². The molecule has 2 heteroatoms. The average molecular weight is 545 g/mol. The minimum absolute atomic E-state index is 0.0543. The van der Waals surface area contributed by atoms with Gasteiger partial charge in [0, 0.05) is 0 Å². The van der Waals surface area contributed by atoms with Crippen molar-refractivity contribution in [1.29, 1.82) is 0 Å². The molecule has 0 amide bonds. The van der Waals surface area contributed by atoms with E-state index < -0.39 is 18.4 Å². The summed E-state index contributed by atoms with van der Waals surface area (Å²) in [6.45, 7) is 18.2. The molecule has 1 aromatic carbocycles. The molecule has 0 atom stereocenters. The first-order valence-corrected chi connectivity index (χ1v) is 21.1. The van der Waals surface area contributed by atoms with Crippen molar-refractivity contribution < 1.29 is 4.74 Å². The van der Waals surface area contributed by atoms with Crippen molar-refractivity contribution in [1.82, 2.24) is 0 Å². The second kappa shape index (κ2) is 16.8. The molecule has 0 bridgehead atoms. The fraction of sp³-hybridized carbons (Fsp3) is 0.600. The number of hydrogen-bond donors (Lipinski definition) is 0. The summed E-state index contributed by atoms with van der Waals surface area (Å²) in [6.07, 6.45) is 16.5. The Hall–Kier alpha value is -0.801. The Bertz CT molecular complexity index is 629. The van der Waals surface area contributed by atoms with Crippen molar-refractivity contribution in [3.8, 4) is 0 Å². The number of hydrogen-bond acceptors (Lipinski definition) is 1. The Kier molecular flexibility index (Phi) is 15.3. The van der Waals surface area contributed by atoms with Gasteiger partial charge in [-0.15, -0.1) is 0 Å². The molecule has 0 heterocycles. The van der Waals surface area contributed by atoms with E-state index in [1.54, 1.807) is 0 Å². The molecule has 32 heavy (non-hydrogen) atoms. The molecule has 1 rings (SSSR count). The molecule has 0 fully saturated rings. The zero-order valence-electron chi connectivity index (χ0n) is 21.6. The van der Waals surface area contributed by atoms with Crippen LogP contribution in [0.2, 0.25) is 13.3 Å². The van der Waals surface area contributed by atoms with Gasteiger partial charge in [-0.1, -0.05) is 0 Å². The first-order valence-electron chi connectivity index (χ1n) is 13.0. The van der Waals surface area contributed by atoms with E-state index in [0.717, 1.165) is 24.1 Å². The van der Waals surface area contributed by atoms with Crippen LogP contribution in [0.3, 0.4) is 0 Å². The van der Waals surface area contributed by atoms with E-state index in [1.165, 1.54) is 63.0 Å². The standard InChI is InChI=1S/C18H23O.3C4H9.Sn/c1-5-12-18(13-6-2,15-19-4)14-16(3)17-10-8-7-9-11-17;3*1-3-4-2;/h5-11,14H,1-2,4,12-13,15H2,3H3;3*1,3-4H2,2H3;/b16-14-;;;;. The van der Waals surface area contributed by atoms with Gasteiger partial charge in [0.25, 0.3) is 0 Å².